The van der Waals surface area contributed by atoms with E-state index in [1.54, 1.807) is 0 Å². The molecule has 1 saturated heterocycles. The zero-order valence-corrected chi connectivity index (χ0v) is 11.6. The van der Waals surface area contributed by atoms with Crippen LogP contribution in [0.1, 0.15) is 46.0 Å². The van der Waals surface area contributed by atoms with Gasteiger partial charge in [0, 0.05) is 6.04 Å². The Balaban J connectivity index is 1.83. The molecular formula is C14H23NO4. The number of rotatable bonds is 3. The van der Waals surface area contributed by atoms with E-state index in [9.17, 15) is 9.59 Å². The van der Waals surface area contributed by atoms with Crippen molar-refractivity contribution in [2.45, 2.75) is 64.2 Å². The van der Waals surface area contributed by atoms with Crippen LogP contribution in [0, 0.1) is 11.8 Å². The third-order valence-corrected chi connectivity index (χ3v) is 4.11. The zero-order valence-electron chi connectivity index (χ0n) is 11.6. The molecule has 1 amide bonds. The van der Waals surface area contributed by atoms with Crippen LogP contribution < -0.4 is 5.32 Å². The topological polar surface area (TPSA) is 75.6 Å². The van der Waals surface area contributed by atoms with Gasteiger partial charge in [0.2, 0.25) is 5.91 Å². The van der Waals surface area contributed by atoms with Gasteiger partial charge >= 0.3 is 5.97 Å². The third kappa shape index (κ3) is 3.69. The van der Waals surface area contributed by atoms with E-state index in [4.69, 9.17) is 9.84 Å². The quantitative estimate of drug-likeness (QED) is 0.815. The van der Waals surface area contributed by atoms with Gasteiger partial charge in [0.25, 0.3) is 0 Å². The zero-order chi connectivity index (χ0) is 14.0. The Kier molecular flexibility index (Phi) is 4.45. The third-order valence-electron chi connectivity index (χ3n) is 4.11. The van der Waals surface area contributed by atoms with Crippen molar-refractivity contribution < 1.29 is 19.4 Å². The minimum absolute atomic E-state index is 0.143. The molecule has 1 aliphatic carbocycles. The molecule has 1 saturated carbocycles. The minimum atomic E-state index is -0.977. The van der Waals surface area contributed by atoms with Gasteiger partial charge in [-0.1, -0.05) is 13.8 Å². The summed E-state index contributed by atoms with van der Waals surface area (Å²) < 4.78 is 5.27. The molecule has 5 nitrogen and oxygen atoms in total. The van der Waals surface area contributed by atoms with Gasteiger partial charge in [0.05, 0.1) is 0 Å². The summed E-state index contributed by atoms with van der Waals surface area (Å²) in [6, 6.07) is 0.207. The summed E-state index contributed by atoms with van der Waals surface area (Å²) in [5, 5.41) is 11.9. The lowest BCUT2D eigenvalue weighted by molar-refractivity contribution is -0.152. The van der Waals surface area contributed by atoms with Crippen LogP contribution in [0.15, 0.2) is 0 Å². The van der Waals surface area contributed by atoms with E-state index in [0.29, 0.717) is 24.7 Å². The van der Waals surface area contributed by atoms with Gasteiger partial charge in [-0.25, -0.2) is 4.79 Å². The second-order valence-corrected chi connectivity index (χ2v) is 6.15. The average Bonchev–Trinajstić information content (AvgIpc) is 2.76. The van der Waals surface area contributed by atoms with Crippen LogP contribution in [0.5, 0.6) is 0 Å². The van der Waals surface area contributed by atoms with Crippen LogP contribution in [0.3, 0.4) is 0 Å². The summed E-state index contributed by atoms with van der Waals surface area (Å²) in [6.07, 6.45) is 2.74. The highest BCUT2D eigenvalue weighted by atomic mass is 16.5. The van der Waals surface area contributed by atoms with Crippen LogP contribution in [0.4, 0.5) is 0 Å². The fourth-order valence-electron chi connectivity index (χ4n) is 3.37. The molecule has 108 valence electrons. The maximum Gasteiger partial charge on any atom is 0.332 e. The molecule has 2 fully saturated rings. The van der Waals surface area contributed by atoms with Crippen molar-refractivity contribution in [1.29, 1.82) is 0 Å². The minimum Gasteiger partial charge on any atom is -0.479 e. The first-order chi connectivity index (χ1) is 8.95. The predicted molar refractivity (Wildman–Crippen MR) is 69.6 cm³/mol. The van der Waals surface area contributed by atoms with E-state index in [2.05, 4.69) is 19.2 Å². The first-order valence-electron chi connectivity index (χ1n) is 7.14. The van der Waals surface area contributed by atoms with Crippen molar-refractivity contribution in [3.8, 4) is 0 Å². The molecule has 5 heteroatoms. The molecule has 0 aromatic heterocycles. The van der Waals surface area contributed by atoms with E-state index < -0.39 is 18.2 Å². The van der Waals surface area contributed by atoms with E-state index in [-0.39, 0.29) is 11.9 Å². The fraction of sp³-hybridized carbons (Fsp3) is 0.857. The summed E-state index contributed by atoms with van der Waals surface area (Å²) >= 11 is 0. The van der Waals surface area contributed by atoms with Crippen LogP contribution in [-0.4, -0.2) is 35.2 Å². The Morgan fingerprint density at radius 1 is 1.05 bits per heavy atom. The number of nitrogens with one attached hydrogen (secondary N) is 1. The van der Waals surface area contributed by atoms with Gasteiger partial charge in [-0.2, -0.15) is 0 Å². The molecule has 19 heavy (non-hydrogen) atoms. The molecular weight excluding hydrogens is 246 g/mol. The Bertz CT molecular complexity index is 347. The molecule has 0 radical (unpaired) electrons. The maximum atomic E-state index is 12.1. The number of hydrogen-bond donors (Lipinski definition) is 2. The van der Waals surface area contributed by atoms with Crippen molar-refractivity contribution >= 4 is 11.9 Å². The fourth-order valence-corrected chi connectivity index (χ4v) is 3.37. The van der Waals surface area contributed by atoms with Crippen LogP contribution in [-0.2, 0) is 14.3 Å². The number of hydrogen-bond acceptors (Lipinski definition) is 3. The number of aliphatic carboxylic acids is 1. The largest absolute Gasteiger partial charge is 0.479 e. The monoisotopic (exact) mass is 269 g/mol. The van der Waals surface area contributed by atoms with Gasteiger partial charge in [-0.05, 0) is 43.9 Å². The van der Waals surface area contributed by atoms with Gasteiger partial charge < -0.3 is 15.2 Å². The molecule has 1 heterocycles. The van der Waals surface area contributed by atoms with Crippen molar-refractivity contribution in [2.75, 3.05) is 0 Å². The molecule has 2 aliphatic rings. The molecule has 2 unspecified atom stereocenters. The first-order valence-corrected chi connectivity index (χ1v) is 7.14. The summed E-state index contributed by atoms with van der Waals surface area (Å²) in [6.45, 7) is 4.42. The van der Waals surface area contributed by atoms with Crippen molar-refractivity contribution in [3.63, 3.8) is 0 Å². The Labute approximate surface area is 113 Å². The number of carbonyl (C=O) groups is 2. The number of ether oxygens (including phenoxy) is 1. The maximum absolute atomic E-state index is 12.1. The summed E-state index contributed by atoms with van der Waals surface area (Å²) in [5.41, 5.74) is 0. The number of carboxylic acid groups (broad SMARTS) is 1. The second kappa shape index (κ2) is 5.90. The standard InChI is InChI=1S/C14H23NO4/c1-8-5-9(2)7-10(6-8)15-13(16)11-3-4-12(19-11)14(17)18/h8-12H,3-7H2,1-2H3,(H,15,16)(H,17,18)/t8?,9?,10?,11-,12+/m0/s1. The molecule has 0 bridgehead atoms. The average molecular weight is 269 g/mol. The molecule has 0 spiro atoms. The van der Waals surface area contributed by atoms with Crippen LogP contribution >= 0.6 is 0 Å². The van der Waals surface area contributed by atoms with Gasteiger partial charge in [0.1, 0.15) is 6.10 Å². The highest BCUT2D eigenvalue weighted by Crippen LogP contribution is 2.29. The molecule has 1 aliphatic heterocycles. The van der Waals surface area contributed by atoms with Crippen molar-refractivity contribution in [2.24, 2.45) is 11.8 Å². The number of amides is 1. The highest BCUT2D eigenvalue weighted by Gasteiger charge is 2.36. The predicted octanol–water partition coefficient (Wildman–Crippen LogP) is 1.56. The molecule has 0 aromatic carbocycles. The number of carbonyl (C=O) groups excluding carboxylic acids is 1. The lowest BCUT2D eigenvalue weighted by Gasteiger charge is -2.32. The molecule has 2 rings (SSSR count). The lowest BCUT2D eigenvalue weighted by Crippen LogP contribution is -2.44. The highest BCUT2D eigenvalue weighted by molar-refractivity contribution is 5.82. The smallest absolute Gasteiger partial charge is 0.332 e. The van der Waals surface area contributed by atoms with Gasteiger partial charge in [0.15, 0.2) is 6.10 Å². The Hall–Kier alpha value is -1.10. The Morgan fingerprint density at radius 2 is 1.63 bits per heavy atom. The summed E-state index contributed by atoms with van der Waals surface area (Å²) in [7, 11) is 0. The molecule has 0 aromatic rings. The van der Waals surface area contributed by atoms with Crippen molar-refractivity contribution in [1.82, 2.24) is 5.32 Å². The lowest BCUT2D eigenvalue weighted by atomic mass is 9.80. The van der Waals surface area contributed by atoms with Crippen molar-refractivity contribution in [3.05, 3.63) is 0 Å². The Morgan fingerprint density at radius 3 is 2.16 bits per heavy atom. The summed E-state index contributed by atoms with van der Waals surface area (Å²) in [4.78, 5) is 22.9. The SMILES string of the molecule is CC1CC(C)CC(NC(=O)[C@@H]2CC[C@H](C(=O)O)O2)C1. The normalized spacial score (nSPS) is 38.9. The second-order valence-electron chi connectivity index (χ2n) is 6.15. The van der Waals surface area contributed by atoms with Crippen LogP contribution in [0.25, 0.3) is 0 Å². The number of carboxylic acids is 1. The summed E-state index contributed by atoms with van der Waals surface area (Å²) in [5.74, 6) is 0.140. The molecule has 2 N–H and O–H groups in total. The van der Waals surface area contributed by atoms with Gasteiger partial charge in [-0.15, -0.1) is 0 Å². The van der Waals surface area contributed by atoms with Crippen LogP contribution in [0.2, 0.25) is 0 Å². The van der Waals surface area contributed by atoms with E-state index in [1.165, 1.54) is 6.42 Å². The first kappa shape index (κ1) is 14.3. The van der Waals surface area contributed by atoms with E-state index >= 15 is 0 Å². The molecule has 4 atom stereocenters. The van der Waals surface area contributed by atoms with E-state index in [0.717, 1.165) is 12.8 Å². The van der Waals surface area contributed by atoms with Gasteiger partial charge in [-0.3, -0.25) is 4.79 Å². The van der Waals surface area contributed by atoms with E-state index in [1.807, 2.05) is 0 Å².